The molecule has 1 amide bonds. The third-order valence-corrected chi connectivity index (χ3v) is 4.36. The molecule has 3 nitrogen and oxygen atoms in total. The number of benzene rings is 2. The number of nitrogens with zero attached hydrogens (tertiary/aromatic N) is 1. The average molecular weight is 349 g/mol. The zero-order valence-electron chi connectivity index (χ0n) is 13.5. The number of alkyl halides is 3. The van der Waals surface area contributed by atoms with Crippen molar-refractivity contribution >= 4 is 5.91 Å². The molecule has 1 N–H and O–H groups in total. The van der Waals surface area contributed by atoms with Gasteiger partial charge in [0.05, 0.1) is 11.7 Å². The molecule has 1 aliphatic rings. The van der Waals surface area contributed by atoms with Crippen LogP contribution in [0.25, 0.3) is 11.1 Å². The van der Waals surface area contributed by atoms with Crippen LogP contribution in [-0.2, 0) is 6.18 Å². The molecular formula is C19H18F3NO2. The first-order chi connectivity index (χ1) is 11.9. The lowest BCUT2D eigenvalue weighted by Crippen LogP contribution is -2.42. The van der Waals surface area contributed by atoms with Gasteiger partial charge < -0.3 is 10.0 Å². The van der Waals surface area contributed by atoms with E-state index in [0.717, 1.165) is 18.6 Å². The topological polar surface area (TPSA) is 40.5 Å². The maximum absolute atomic E-state index is 12.8. The summed E-state index contributed by atoms with van der Waals surface area (Å²) in [6.45, 7) is 0.845. The molecule has 1 heterocycles. The van der Waals surface area contributed by atoms with E-state index in [1.807, 2.05) is 0 Å². The van der Waals surface area contributed by atoms with Gasteiger partial charge in [0.2, 0.25) is 0 Å². The number of likely N-dealkylation sites (tertiary alicyclic amines) is 1. The van der Waals surface area contributed by atoms with Gasteiger partial charge in [0, 0.05) is 18.7 Å². The van der Waals surface area contributed by atoms with E-state index in [2.05, 4.69) is 0 Å². The molecule has 0 spiro atoms. The van der Waals surface area contributed by atoms with Gasteiger partial charge in [-0.25, -0.2) is 0 Å². The fraction of sp³-hybridized carbons (Fsp3) is 0.316. The van der Waals surface area contributed by atoms with Gasteiger partial charge in [-0.15, -0.1) is 0 Å². The minimum atomic E-state index is -4.39. The van der Waals surface area contributed by atoms with Crippen LogP contribution in [0.15, 0.2) is 48.5 Å². The van der Waals surface area contributed by atoms with Crippen LogP contribution >= 0.6 is 0 Å². The largest absolute Gasteiger partial charge is 0.416 e. The van der Waals surface area contributed by atoms with E-state index in [1.54, 1.807) is 29.2 Å². The highest BCUT2D eigenvalue weighted by Gasteiger charge is 2.30. The maximum atomic E-state index is 12.8. The molecule has 1 unspecified atom stereocenters. The first kappa shape index (κ1) is 17.5. The molecule has 1 aliphatic heterocycles. The molecule has 0 saturated carbocycles. The summed E-state index contributed by atoms with van der Waals surface area (Å²) in [5, 5.41) is 9.77. The monoisotopic (exact) mass is 349 g/mol. The quantitative estimate of drug-likeness (QED) is 0.891. The molecule has 132 valence electrons. The summed E-state index contributed by atoms with van der Waals surface area (Å²) in [7, 11) is 0. The number of hydrogen-bond acceptors (Lipinski definition) is 2. The van der Waals surface area contributed by atoms with E-state index in [1.165, 1.54) is 12.1 Å². The molecule has 0 bridgehead atoms. The summed E-state index contributed by atoms with van der Waals surface area (Å²) in [4.78, 5) is 14.4. The first-order valence-corrected chi connectivity index (χ1v) is 8.10. The standard InChI is InChI=1S/C19H18F3NO2/c20-19(21,22)14-9-7-13(8-10-14)16-5-1-2-6-17(16)18(25)23-11-3-4-15(24)12-23/h1-2,5-10,15,24H,3-4,11-12H2. The third kappa shape index (κ3) is 3.85. The summed E-state index contributed by atoms with van der Waals surface area (Å²) in [6.07, 6.45) is -3.52. The van der Waals surface area contributed by atoms with Gasteiger partial charge in [-0.1, -0.05) is 30.3 Å². The van der Waals surface area contributed by atoms with Gasteiger partial charge >= 0.3 is 6.18 Å². The molecule has 1 fully saturated rings. The molecule has 2 aromatic rings. The molecule has 1 atom stereocenters. The van der Waals surface area contributed by atoms with Crippen molar-refractivity contribution in [2.45, 2.75) is 25.1 Å². The zero-order valence-corrected chi connectivity index (χ0v) is 13.5. The Morgan fingerprint density at radius 2 is 1.76 bits per heavy atom. The van der Waals surface area contributed by atoms with Crippen molar-refractivity contribution in [3.8, 4) is 11.1 Å². The van der Waals surface area contributed by atoms with Gasteiger partial charge in [-0.3, -0.25) is 4.79 Å². The normalized spacial score (nSPS) is 18.2. The van der Waals surface area contributed by atoms with E-state index < -0.39 is 17.8 Å². The van der Waals surface area contributed by atoms with Crippen molar-refractivity contribution < 1.29 is 23.1 Å². The molecule has 0 aromatic heterocycles. The molecule has 0 aliphatic carbocycles. The van der Waals surface area contributed by atoms with E-state index >= 15 is 0 Å². The van der Waals surface area contributed by atoms with Crippen molar-refractivity contribution in [3.05, 3.63) is 59.7 Å². The average Bonchev–Trinajstić information content (AvgIpc) is 2.60. The van der Waals surface area contributed by atoms with Crippen molar-refractivity contribution in [1.82, 2.24) is 4.90 Å². The van der Waals surface area contributed by atoms with Gasteiger partial charge in [0.15, 0.2) is 0 Å². The number of amides is 1. The first-order valence-electron chi connectivity index (χ1n) is 8.10. The highest BCUT2D eigenvalue weighted by Crippen LogP contribution is 2.32. The van der Waals surface area contributed by atoms with Crippen LogP contribution in [-0.4, -0.2) is 35.1 Å². The molecule has 1 saturated heterocycles. The number of carbonyl (C=O) groups is 1. The minimum Gasteiger partial charge on any atom is -0.391 e. The van der Waals surface area contributed by atoms with Crippen LogP contribution < -0.4 is 0 Å². The highest BCUT2D eigenvalue weighted by molar-refractivity contribution is 6.01. The predicted octanol–water partition coefficient (Wildman–Crippen LogP) is 3.97. The summed E-state index contributed by atoms with van der Waals surface area (Å²) >= 11 is 0. The number of β-amino-alcohol motifs (C(OH)–C–C–N with tert-alkyl or cyclic N) is 1. The van der Waals surface area contributed by atoms with Crippen LogP contribution in [0, 0.1) is 0 Å². The fourth-order valence-electron chi connectivity index (χ4n) is 3.07. The molecule has 2 aromatic carbocycles. The van der Waals surface area contributed by atoms with Crippen LogP contribution in [0.2, 0.25) is 0 Å². The Morgan fingerprint density at radius 3 is 2.40 bits per heavy atom. The number of aliphatic hydroxyl groups is 1. The van der Waals surface area contributed by atoms with Gasteiger partial charge in [0.25, 0.3) is 5.91 Å². The third-order valence-electron chi connectivity index (χ3n) is 4.36. The van der Waals surface area contributed by atoms with Gasteiger partial charge in [0.1, 0.15) is 0 Å². The van der Waals surface area contributed by atoms with Crippen molar-refractivity contribution in [2.24, 2.45) is 0 Å². The SMILES string of the molecule is O=C(c1ccccc1-c1ccc(C(F)(F)F)cc1)N1CCCC(O)C1. The highest BCUT2D eigenvalue weighted by atomic mass is 19.4. The number of rotatable bonds is 2. The molecule has 6 heteroatoms. The summed E-state index contributed by atoms with van der Waals surface area (Å²) in [5.74, 6) is -0.214. The Hall–Kier alpha value is -2.34. The van der Waals surface area contributed by atoms with E-state index in [-0.39, 0.29) is 12.5 Å². The second-order valence-corrected chi connectivity index (χ2v) is 6.17. The Kier molecular flexibility index (Phi) is 4.81. The predicted molar refractivity (Wildman–Crippen MR) is 88.0 cm³/mol. The minimum absolute atomic E-state index is 0.214. The lowest BCUT2D eigenvalue weighted by molar-refractivity contribution is -0.137. The van der Waals surface area contributed by atoms with Crippen LogP contribution in [0.5, 0.6) is 0 Å². The smallest absolute Gasteiger partial charge is 0.391 e. The molecule has 3 rings (SSSR count). The number of halogens is 3. The second kappa shape index (κ2) is 6.88. The van der Waals surface area contributed by atoms with Gasteiger partial charge in [-0.2, -0.15) is 13.2 Å². The number of piperidine rings is 1. The summed E-state index contributed by atoms with van der Waals surface area (Å²) in [6, 6.07) is 11.6. The molecular weight excluding hydrogens is 331 g/mol. The number of carbonyl (C=O) groups excluding carboxylic acids is 1. The summed E-state index contributed by atoms with van der Waals surface area (Å²) < 4.78 is 38.2. The van der Waals surface area contributed by atoms with Crippen LogP contribution in [0.1, 0.15) is 28.8 Å². The van der Waals surface area contributed by atoms with E-state index in [4.69, 9.17) is 0 Å². The lowest BCUT2D eigenvalue weighted by atomic mass is 9.97. The molecule has 0 radical (unpaired) electrons. The summed E-state index contributed by atoms with van der Waals surface area (Å²) in [5.41, 5.74) is 0.839. The Morgan fingerprint density at radius 1 is 1.08 bits per heavy atom. The Labute approximate surface area is 143 Å². The van der Waals surface area contributed by atoms with E-state index in [9.17, 15) is 23.1 Å². The second-order valence-electron chi connectivity index (χ2n) is 6.17. The van der Waals surface area contributed by atoms with E-state index in [0.29, 0.717) is 29.7 Å². The maximum Gasteiger partial charge on any atom is 0.416 e. The Bertz CT molecular complexity index is 756. The number of hydrogen-bond donors (Lipinski definition) is 1. The number of aliphatic hydroxyl groups excluding tert-OH is 1. The van der Waals surface area contributed by atoms with Crippen molar-refractivity contribution in [1.29, 1.82) is 0 Å². The van der Waals surface area contributed by atoms with Crippen LogP contribution in [0.4, 0.5) is 13.2 Å². The Balaban J connectivity index is 1.92. The van der Waals surface area contributed by atoms with Crippen molar-refractivity contribution in [2.75, 3.05) is 13.1 Å². The van der Waals surface area contributed by atoms with Crippen LogP contribution in [0.3, 0.4) is 0 Å². The fourth-order valence-corrected chi connectivity index (χ4v) is 3.07. The van der Waals surface area contributed by atoms with Crippen molar-refractivity contribution in [3.63, 3.8) is 0 Å². The zero-order chi connectivity index (χ0) is 18.0. The lowest BCUT2D eigenvalue weighted by Gasteiger charge is -2.30. The molecule has 25 heavy (non-hydrogen) atoms. The van der Waals surface area contributed by atoms with Gasteiger partial charge in [-0.05, 0) is 42.2 Å².